The van der Waals surface area contributed by atoms with Crippen LogP contribution in [0.1, 0.15) is 26.2 Å². The zero-order valence-corrected chi connectivity index (χ0v) is 10.6. The van der Waals surface area contributed by atoms with Crippen LogP contribution in [-0.4, -0.2) is 12.4 Å². The topological polar surface area (TPSA) is 26.3 Å². The molecule has 0 saturated heterocycles. The number of carbonyl (C=O) groups is 1. The van der Waals surface area contributed by atoms with Crippen LogP contribution in [0, 0.1) is 0 Å². The van der Waals surface area contributed by atoms with Crippen LogP contribution >= 0.6 is 23.2 Å². The van der Waals surface area contributed by atoms with E-state index in [0.717, 1.165) is 0 Å². The Kier molecular flexibility index (Phi) is 5.64. The van der Waals surface area contributed by atoms with Crippen molar-refractivity contribution in [2.75, 3.05) is 6.61 Å². The number of halogens is 2. The van der Waals surface area contributed by atoms with Gasteiger partial charge >= 0.3 is 0 Å². The maximum Gasteiger partial charge on any atom is 0.156 e. The van der Waals surface area contributed by atoms with Crippen LogP contribution in [0.4, 0.5) is 0 Å². The molecule has 0 radical (unpaired) electrons. The number of Topliss-reactive ketones (excluding diaryl/α,β-unsaturated/α-hetero) is 1. The maximum absolute atomic E-state index is 11.0. The number of para-hydroxylation sites is 1. The van der Waals surface area contributed by atoms with E-state index >= 15 is 0 Å². The molecule has 1 aromatic rings. The average Bonchev–Trinajstić information content (AvgIpc) is 2.27. The Balaban J connectivity index is 2.40. The summed E-state index contributed by atoms with van der Waals surface area (Å²) in [5.41, 5.74) is 0. The van der Waals surface area contributed by atoms with Gasteiger partial charge in [0.15, 0.2) is 5.75 Å². The monoisotopic (exact) mass is 260 g/mol. The van der Waals surface area contributed by atoms with Gasteiger partial charge < -0.3 is 4.74 Å². The number of benzene rings is 1. The van der Waals surface area contributed by atoms with Gasteiger partial charge in [-0.25, -0.2) is 0 Å². The minimum absolute atomic E-state index is 0.244. The zero-order valence-electron chi connectivity index (χ0n) is 9.13. The lowest BCUT2D eigenvalue weighted by Crippen LogP contribution is -2.02. The molecular formula is C12H14Cl2O2. The number of ether oxygens (including phenoxy) is 1. The number of hydrogen-bond acceptors (Lipinski definition) is 2. The fourth-order valence-corrected chi connectivity index (χ4v) is 1.75. The fourth-order valence-electron chi connectivity index (χ4n) is 1.24. The number of ketones is 1. The summed E-state index contributed by atoms with van der Waals surface area (Å²) in [7, 11) is 0. The van der Waals surface area contributed by atoms with E-state index < -0.39 is 0 Å². The predicted molar refractivity (Wildman–Crippen MR) is 66.5 cm³/mol. The zero-order chi connectivity index (χ0) is 12.0. The van der Waals surface area contributed by atoms with Crippen molar-refractivity contribution in [1.29, 1.82) is 0 Å². The molecule has 0 amide bonds. The summed E-state index contributed by atoms with van der Waals surface area (Å²) in [6.45, 7) is 2.31. The molecule has 0 bridgehead atoms. The van der Waals surface area contributed by atoms with Crippen LogP contribution in [0.5, 0.6) is 5.75 Å². The smallest absolute Gasteiger partial charge is 0.156 e. The molecule has 1 rings (SSSR count). The maximum atomic E-state index is 11.0. The van der Waals surface area contributed by atoms with Crippen molar-refractivity contribution < 1.29 is 9.53 Å². The highest BCUT2D eigenvalue weighted by molar-refractivity contribution is 6.37. The van der Waals surface area contributed by atoms with Crippen molar-refractivity contribution in [3.8, 4) is 5.75 Å². The van der Waals surface area contributed by atoms with E-state index in [0.29, 0.717) is 41.7 Å². The second-order valence-corrected chi connectivity index (χ2v) is 4.21. The first-order valence-electron chi connectivity index (χ1n) is 5.23. The number of carbonyl (C=O) groups excluding carboxylic acids is 1. The van der Waals surface area contributed by atoms with Crippen LogP contribution in [-0.2, 0) is 4.79 Å². The van der Waals surface area contributed by atoms with E-state index in [1.807, 2.05) is 6.92 Å². The van der Waals surface area contributed by atoms with Crippen LogP contribution in [0.25, 0.3) is 0 Å². The Bertz CT molecular complexity index is 344. The van der Waals surface area contributed by atoms with Gasteiger partial charge in [-0.15, -0.1) is 0 Å². The summed E-state index contributed by atoms with van der Waals surface area (Å²) >= 11 is 11.8. The lowest BCUT2D eigenvalue weighted by Gasteiger charge is -2.08. The van der Waals surface area contributed by atoms with Gasteiger partial charge in [0.05, 0.1) is 16.7 Å². The highest BCUT2D eigenvalue weighted by Crippen LogP contribution is 2.32. The summed E-state index contributed by atoms with van der Waals surface area (Å²) in [5, 5.41) is 0.989. The summed E-state index contributed by atoms with van der Waals surface area (Å²) in [6, 6.07) is 5.21. The fraction of sp³-hybridized carbons (Fsp3) is 0.417. The van der Waals surface area contributed by atoms with E-state index in [-0.39, 0.29) is 5.78 Å². The summed E-state index contributed by atoms with van der Waals surface area (Å²) in [4.78, 5) is 11.0. The second kappa shape index (κ2) is 6.77. The normalized spacial score (nSPS) is 10.2. The average molecular weight is 261 g/mol. The molecule has 0 aliphatic rings. The Labute approximate surface area is 106 Å². The highest BCUT2D eigenvalue weighted by atomic mass is 35.5. The van der Waals surface area contributed by atoms with E-state index in [2.05, 4.69) is 0 Å². The minimum atomic E-state index is 0.244. The number of rotatable bonds is 6. The van der Waals surface area contributed by atoms with Gasteiger partial charge in [0.1, 0.15) is 5.78 Å². The molecule has 0 fully saturated rings. The van der Waals surface area contributed by atoms with Gasteiger partial charge in [0.25, 0.3) is 0 Å². The van der Waals surface area contributed by atoms with Gasteiger partial charge in [0, 0.05) is 12.8 Å². The molecule has 0 spiro atoms. The minimum Gasteiger partial charge on any atom is -0.490 e. The molecule has 0 N–H and O–H groups in total. The van der Waals surface area contributed by atoms with Gasteiger partial charge in [-0.05, 0) is 18.6 Å². The first-order chi connectivity index (χ1) is 7.65. The van der Waals surface area contributed by atoms with Crippen LogP contribution in [0.15, 0.2) is 18.2 Å². The first kappa shape index (κ1) is 13.3. The van der Waals surface area contributed by atoms with Crippen LogP contribution < -0.4 is 4.74 Å². The van der Waals surface area contributed by atoms with E-state index in [9.17, 15) is 4.79 Å². The third-order valence-corrected chi connectivity index (χ3v) is 2.75. The van der Waals surface area contributed by atoms with E-state index in [1.54, 1.807) is 18.2 Å². The molecule has 0 unspecified atom stereocenters. The summed E-state index contributed by atoms with van der Waals surface area (Å²) < 4.78 is 5.45. The Morgan fingerprint density at radius 2 is 1.94 bits per heavy atom. The van der Waals surface area contributed by atoms with Gasteiger partial charge in [0.2, 0.25) is 0 Å². The van der Waals surface area contributed by atoms with E-state index in [1.165, 1.54) is 0 Å². The molecule has 0 aliphatic carbocycles. The highest BCUT2D eigenvalue weighted by Gasteiger charge is 2.06. The van der Waals surface area contributed by atoms with Crippen molar-refractivity contribution in [2.24, 2.45) is 0 Å². The third-order valence-electron chi connectivity index (χ3n) is 2.16. The molecule has 0 aliphatic heterocycles. The third kappa shape index (κ3) is 4.03. The quantitative estimate of drug-likeness (QED) is 0.719. The van der Waals surface area contributed by atoms with E-state index in [4.69, 9.17) is 27.9 Å². The Morgan fingerprint density at radius 1 is 1.31 bits per heavy atom. The second-order valence-electron chi connectivity index (χ2n) is 3.40. The van der Waals surface area contributed by atoms with Crippen LogP contribution in [0.2, 0.25) is 10.0 Å². The number of hydrogen-bond donors (Lipinski definition) is 0. The largest absolute Gasteiger partial charge is 0.490 e. The Morgan fingerprint density at radius 3 is 2.50 bits per heavy atom. The van der Waals surface area contributed by atoms with Gasteiger partial charge in [-0.2, -0.15) is 0 Å². The predicted octanol–water partition coefficient (Wildman–Crippen LogP) is 4.13. The lowest BCUT2D eigenvalue weighted by atomic mass is 10.2. The first-order valence-corrected chi connectivity index (χ1v) is 5.99. The van der Waals surface area contributed by atoms with Crippen molar-refractivity contribution in [3.63, 3.8) is 0 Å². The summed E-state index contributed by atoms with van der Waals surface area (Å²) in [5.74, 6) is 0.739. The molecule has 0 saturated carbocycles. The van der Waals surface area contributed by atoms with Crippen molar-refractivity contribution in [3.05, 3.63) is 28.2 Å². The van der Waals surface area contributed by atoms with Crippen LogP contribution in [0.3, 0.4) is 0 Å². The molecule has 4 heteroatoms. The molecule has 0 heterocycles. The van der Waals surface area contributed by atoms with Crippen molar-refractivity contribution in [1.82, 2.24) is 0 Å². The molecule has 2 nitrogen and oxygen atoms in total. The molecule has 0 atom stereocenters. The molecular weight excluding hydrogens is 247 g/mol. The van der Waals surface area contributed by atoms with Crippen molar-refractivity contribution in [2.45, 2.75) is 26.2 Å². The standard InChI is InChI=1S/C12H14Cl2O2/c1-2-9(15)5-4-8-16-12-10(13)6-3-7-11(12)14/h3,6-7H,2,4-5,8H2,1H3. The lowest BCUT2D eigenvalue weighted by molar-refractivity contribution is -0.118. The Hall–Kier alpha value is -0.730. The molecule has 88 valence electrons. The summed E-state index contributed by atoms with van der Waals surface area (Å²) in [6.07, 6.45) is 1.81. The SMILES string of the molecule is CCC(=O)CCCOc1c(Cl)cccc1Cl. The molecule has 16 heavy (non-hydrogen) atoms. The van der Waals surface area contributed by atoms with Crippen molar-refractivity contribution >= 4 is 29.0 Å². The molecule has 1 aromatic carbocycles. The van der Waals surface area contributed by atoms with Gasteiger partial charge in [-0.1, -0.05) is 36.2 Å². The van der Waals surface area contributed by atoms with Gasteiger partial charge in [-0.3, -0.25) is 4.79 Å². The molecule has 0 aromatic heterocycles.